The monoisotopic (exact) mass is 264 g/mol. The van der Waals surface area contributed by atoms with Gasteiger partial charge in [-0.3, -0.25) is 0 Å². The topological polar surface area (TPSA) is 60.5 Å². The third kappa shape index (κ3) is 3.16. The molecule has 2 rings (SSSR count). The molecule has 1 N–H and O–H groups in total. The number of hydrogen-bond donors (Lipinski definition) is 1. The predicted molar refractivity (Wildman–Crippen MR) is 72.6 cm³/mol. The lowest BCUT2D eigenvalue weighted by atomic mass is 10.1. The van der Waals surface area contributed by atoms with E-state index < -0.39 is 5.97 Å². The Bertz CT molecular complexity index is 462. The fourth-order valence-corrected chi connectivity index (χ4v) is 2.49. The van der Waals surface area contributed by atoms with E-state index in [0.717, 1.165) is 24.6 Å². The van der Waals surface area contributed by atoms with Gasteiger partial charge in [-0.25, -0.2) is 4.79 Å². The highest BCUT2D eigenvalue weighted by Gasteiger charge is 2.22. The Balaban J connectivity index is 2.12. The van der Waals surface area contributed by atoms with E-state index in [4.69, 9.17) is 4.74 Å². The van der Waals surface area contributed by atoms with E-state index in [1.54, 1.807) is 12.1 Å². The van der Waals surface area contributed by atoms with Crippen LogP contribution in [0.25, 0.3) is 0 Å². The maximum atomic E-state index is 11.5. The summed E-state index contributed by atoms with van der Waals surface area (Å²) < 4.78 is 9.83. The normalized spacial score (nSPS) is 22.1. The molecule has 0 aliphatic heterocycles. The maximum Gasteiger partial charge on any atom is 0.343 e. The molecule has 5 nitrogen and oxygen atoms in total. The van der Waals surface area contributed by atoms with Crippen molar-refractivity contribution in [1.82, 2.24) is 4.98 Å². The molecular formula is C14H20N2O3. The number of aromatic nitrogens is 1. The minimum absolute atomic E-state index is 0.294. The highest BCUT2D eigenvalue weighted by Crippen LogP contribution is 2.28. The van der Waals surface area contributed by atoms with Crippen molar-refractivity contribution >= 4 is 11.8 Å². The van der Waals surface area contributed by atoms with Gasteiger partial charge in [-0.1, -0.05) is 6.92 Å². The Hall–Kier alpha value is -1.78. The van der Waals surface area contributed by atoms with Gasteiger partial charge in [0, 0.05) is 6.04 Å². The third-order valence-electron chi connectivity index (χ3n) is 3.51. The zero-order chi connectivity index (χ0) is 13.8. The summed E-state index contributed by atoms with van der Waals surface area (Å²) in [6.45, 7) is 2.26. The quantitative estimate of drug-likeness (QED) is 0.846. The van der Waals surface area contributed by atoms with E-state index in [1.807, 2.05) is 0 Å². The Morgan fingerprint density at radius 3 is 2.74 bits per heavy atom. The average Bonchev–Trinajstić information content (AvgIpc) is 2.83. The number of nitrogens with zero attached hydrogens (tertiary/aromatic N) is 1. The zero-order valence-corrected chi connectivity index (χ0v) is 11.6. The summed E-state index contributed by atoms with van der Waals surface area (Å²) in [7, 11) is 2.84. The first kappa shape index (κ1) is 13.6. The van der Waals surface area contributed by atoms with Crippen LogP contribution in [0.3, 0.4) is 0 Å². The smallest absolute Gasteiger partial charge is 0.343 e. The SMILES string of the molecule is COC(=O)c1ccc(NC2CCC(C)C2)nc1OC. The van der Waals surface area contributed by atoms with Crippen LogP contribution in [0.5, 0.6) is 5.88 Å². The van der Waals surface area contributed by atoms with E-state index in [0.29, 0.717) is 17.5 Å². The molecule has 1 aliphatic carbocycles. The predicted octanol–water partition coefficient (Wildman–Crippen LogP) is 2.48. The van der Waals surface area contributed by atoms with Crippen LogP contribution in [0.4, 0.5) is 5.82 Å². The standard InChI is InChI=1S/C14H20N2O3/c1-9-4-5-10(8-9)15-12-7-6-11(14(17)19-3)13(16-12)18-2/h6-7,9-10H,4-5,8H2,1-3H3,(H,15,16). The first-order chi connectivity index (χ1) is 9.13. The first-order valence-corrected chi connectivity index (χ1v) is 6.54. The van der Waals surface area contributed by atoms with Crippen LogP contribution in [0.1, 0.15) is 36.5 Å². The third-order valence-corrected chi connectivity index (χ3v) is 3.51. The number of anilines is 1. The number of hydrogen-bond acceptors (Lipinski definition) is 5. The van der Waals surface area contributed by atoms with E-state index in [9.17, 15) is 4.79 Å². The summed E-state index contributed by atoms with van der Waals surface area (Å²) in [6.07, 6.45) is 3.56. The second kappa shape index (κ2) is 5.91. The molecule has 0 saturated heterocycles. The van der Waals surface area contributed by atoms with E-state index >= 15 is 0 Å². The molecule has 0 aromatic carbocycles. The molecule has 104 valence electrons. The van der Waals surface area contributed by atoms with Gasteiger partial charge >= 0.3 is 5.97 Å². The Morgan fingerprint density at radius 2 is 2.16 bits per heavy atom. The van der Waals surface area contributed by atoms with Gasteiger partial charge in [0.1, 0.15) is 11.4 Å². The van der Waals surface area contributed by atoms with E-state index in [2.05, 4.69) is 22.0 Å². The molecule has 1 aromatic heterocycles. The molecular weight excluding hydrogens is 244 g/mol. The van der Waals surface area contributed by atoms with Crippen LogP contribution in [0.2, 0.25) is 0 Å². The summed E-state index contributed by atoms with van der Waals surface area (Å²) >= 11 is 0. The average molecular weight is 264 g/mol. The van der Waals surface area contributed by atoms with Gasteiger partial charge in [0.25, 0.3) is 0 Å². The Morgan fingerprint density at radius 1 is 1.37 bits per heavy atom. The van der Waals surface area contributed by atoms with Crippen molar-refractivity contribution in [2.45, 2.75) is 32.2 Å². The molecule has 1 fully saturated rings. The highest BCUT2D eigenvalue weighted by atomic mass is 16.5. The highest BCUT2D eigenvalue weighted by molar-refractivity contribution is 5.92. The molecule has 1 aliphatic rings. The zero-order valence-electron chi connectivity index (χ0n) is 11.6. The number of methoxy groups -OCH3 is 2. The van der Waals surface area contributed by atoms with Crippen LogP contribution in [0, 0.1) is 5.92 Å². The van der Waals surface area contributed by atoms with Crippen molar-refractivity contribution in [2.75, 3.05) is 19.5 Å². The lowest BCUT2D eigenvalue weighted by Gasteiger charge is -2.14. The number of pyridine rings is 1. The molecule has 19 heavy (non-hydrogen) atoms. The van der Waals surface area contributed by atoms with Gasteiger partial charge in [0.2, 0.25) is 5.88 Å². The molecule has 1 aromatic rings. The number of rotatable bonds is 4. The van der Waals surface area contributed by atoms with Crippen molar-refractivity contribution in [3.8, 4) is 5.88 Å². The molecule has 1 heterocycles. The summed E-state index contributed by atoms with van der Waals surface area (Å²) in [5.74, 6) is 1.35. The van der Waals surface area contributed by atoms with Crippen LogP contribution in [-0.4, -0.2) is 31.2 Å². The van der Waals surface area contributed by atoms with Crippen LogP contribution < -0.4 is 10.1 Å². The number of nitrogens with one attached hydrogen (secondary N) is 1. The number of ether oxygens (including phenoxy) is 2. The molecule has 0 bridgehead atoms. The van der Waals surface area contributed by atoms with Gasteiger partial charge in [0.05, 0.1) is 14.2 Å². The number of esters is 1. The van der Waals surface area contributed by atoms with Crippen molar-refractivity contribution in [2.24, 2.45) is 5.92 Å². The van der Waals surface area contributed by atoms with Crippen LogP contribution in [-0.2, 0) is 4.74 Å². The van der Waals surface area contributed by atoms with Gasteiger partial charge in [-0.05, 0) is 37.3 Å². The van der Waals surface area contributed by atoms with Gasteiger partial charge in [-0.2, -0.15) is 4.98 Å². The number of carbonyl (C=O) groups excluding carboxylic acids is 1. The maximum absolute atomic E-state index is 11.5. The molecule has 5 heteroatoms. The summed E-state index contributed by atoms with van der Waals surface area (Å²) in [5, 5.41) is 3.39. The molecule has 2 unspecified atom stereocenters. The molecule has 0 amide bonds. The fraction of sp³-hybridized carbons (Fsp3) is 0.571. The molecule has 0 spiro atoms. The minimum atomic E-state index is -0.439. The van der Waals surface area contributed by atoms with Gasteiger partial charge < -0.3 is 14.8 Å². The van der Waals surface area contributed by atoms with Crippen molar-refractivity contribution in [3.63, 3.8) is 0 Å². The Labute approximate surface area is 113 Å². The largest absolute Gasteiger partial charge is 0.480 e. The van der Waals surface area contributed by atoms with Crippen molar-refractivity contribution < 1.29 is 14.3 Å². The Kier molecular flexibility index (Phi) is 4.24. The molecule has 0 radical (unpaired) electrons. The fourth-order valence-electron chi connectivity index (χ4n) is 2.49. The van der Waals surface area contributed by atoms with Gasteiger partial charge in [0.15, 0.2) is 0 Å². The number of carbonyl (C=O) groups is 1. The lowest BCUT2D eigenvalue weighted by molar-refractivity contribution is 0.0596. The van der Waals surface area contributed by atoms with Crippen LogP contribution >= 0.6 is 0 Å². The molecule has 1 saturated carbocycles. The summed E-state index contributed by atoms with van der Waals surface area (Å²) in [6, 6.07) is 3.92. The van der Waals surface area contributed by atoms with E-state index in [-0.39, 0.29) is 0 Å². The lowest BCUT2D eigenvalue weighted by Crippen LogP contribution is -2.17. The second-order valence-electron chi connectivity index (χ2n) is 5.00. The van der Waals surface area contributed by atoms with Crippen molar-refractivity contribution in [3.05, 3.63) is 17.7 Å². The summed E-state index contributed by atoms with van der Waals surface area (Å²) in [4.78, 5) is 15.8. The summed E-state index contributed by atoms with van der Waals surface area (Å²) in [5.41, 5.74) is 0.343. The van der Waals surface area contributed by atoms with E-state index in [1.165, 1.54) is 20.6 Å². The van der Waals surface area contributed by atoms with Crippen LogP contribution in [0.15, 0.2) is 12.1 Å². The molecule has 2 atom stereocenters. The van der Waals surface area contributed by atoms with Crippen molar-refractivity contribution in [1.29, 1.82) is 0 Å². The second-order valence-corrected chi connectivity index (χ2v) is 5.00. The minimum Gasteiger partial charge on any atom is -0.480 e. The first-order valence-electron chi connectivity index (χ1n) is 6.54. The van der Waals surface area contributed by atoms with Gasteiger partial charge in [-0.15, -0.1) is 0 Å².